The van der Waals surface area contributed by atoms with Gasteiger partial charge in [0.25, 0.3) is 5.91 Å². The second-order valence-corrected chi connectivity index (χ2v) is 5.48. The minimum Gasteiger partial charge on any atom is -0.296 e. The molecule has 0 saturated heterocycles. The van der Waals surface area contributed by atoms with E-state index in [1.807, 2.05) is 13.8 Å². The van der Waals surface area contributed by atoms with Gasteiger partial charge in [0.15, 0.2) is 5.13 Å². The molecule has 0 atom stereocenters. The van der Waals surface area contributed by atoms with Gasteiger partial charge < -0.3 is 0 Å². The molecule has 0 saturated carbocycles. The highest BCUT2D eigenvalue weighted by Crippen LogP contribution is 2.21. The molecule has 2 rings (SSSR count). The van der Waals surface area contributed by atoms with Crippen molar-refractivity contribution in [2.75, 3.05) is 5.32 Å². The first-order chi connectivity index (χ1) is 8.06. The van der Waals surface area contributed by atoms with Crippen molar-refractivity contribution in [2.45, 2.75) is 13.8 Å². The van der Waals surface area contributed by atoms with Gasteiger partial charge in [0.05, 0.1) is 5.69 Å². The van der Waals surface area contributed by atoms with Crippen LogP contribution >= 0.6 is 27.3 Å². The summed E-state index contributed by atoms with van der Waals surface area (Å²) in [6.45, 7) is 3.89. The molecule has 2 heterocycles. The van der Waals surface area contributed by atoms with Crippen LogP contribution in [-0.2, 0) is 0 Å². The van der Waals surface area contributed by atoms with Gasteiger partial charge >= 0.3 is 0 Å². The van der Waals surface area contributed by atoms with Crippen LogP contribution in [0.25, 0.3) is 0 Å². The summed E-state index contributed by atoms with van der Waals surface area (Å²) >= 11 is 4.69. The first-order valence-corrected chi connectivity index (χ1v) is 6.55. The van der Waals surface area contributed by atoms with Gasteiger partial charge in [0.2, 0.25) is 0 Å². The topological polar surface area (TPSA) is 54.9 Å². The maximum absolute atomic E-state index is 11.9. The number of aromatic nitrogens is 2. The third-order valence-corrected chi connectivity index (χ3v) is 3.63. The number of rotatable bonds is 2. The molecular weight excluding hydrogens is 302 g/mol. The van der Waals surface area contributed by atoms with Crippen molar-refractivity contribution in [1.29, 1.82) is 0 Å². The lowest BCUT2D eigenvalue weighted by Crippen LogP contribution is -2.13. The molecule has 0 spiro atoms. The lowest BCUT2D eigenvalue weighted by Gasteiger charge is -2.00. The van der Waals surface area contributed by atoms with Crippen LogP contribution in [0.15, 0.2) is 22.8 Å². The minimum atomic E-state index is -0.250. The monoisotopic (exact) mass is 311 g/mol. The molecular formula is C11H10BrN3OS. The van der Waals surface area contributed by atoms with Crippen LogP contribution in [0.5, 0.6) is 0 Å². The van der Waals surface area contributed by atoms with Crippen molar-refractivity contribution >= 4 is 38.3 Å². The fourth-order valence-electron chi connectivity index (χ4n) is 1.22. The highest BCUT2D eigenvalue weighted by Gasteiger charge is 2.11. The highest BCUT2D eigenvalue weighted by atomic mass is 79.9. The summed E-state index contributed by atoms with van der Waals surface area (Å²) in [4.78, 5) is 21.3. The molecule has 0 unspecified atom stereocenters. The smallest absolute Gasteiger partial charge is 0.276 e. The molecule has 1 N–H and O–H groups in total. The summed E-state index contributed by atoms with van der Waals surface area (Å²) in [5.74, 6) is -0.250. The zero-order valence-corrected chi connectivity index (χ0v) is 11.7. The fraction of sp³-hybridized carbons (Fsp3) is 0.182. The van der Waals surface area contributed by atoms with Crippen LogP contribution in [0.4, 0.5) is 5.13 Å². The summed E-state index contributed by atoms with van der Waals surface area (Å²) in [6.07, 6.45) is 0. The summed E-state index contributed by atoms with van der Waals surface area (Å²) in [5, 5.41) is 3.34. The Bertz CT molecular complexity index is 548. The number of thiazole rings is 1. The van der Waals surface area contributed by atoms with Gasteiger partial charge in [-0.1, -0.05) is 6.07 Å². The van der Waals surface area contributed by atoms with Gasteiger partial charge in [-0.3, -0.25) is 10.1 Å². The van der Waals surface area contributed by atoms with E-state index in [1.165, 1.54) is 11.3 Å². The number of hydrogen-bond donors (Lipinski definition) is 1. The van der Waals surface area contributed by atoms with Crippen molar-refractivity contribution in [3.8, 4) is 0 Å². The summed E-state index contributed by atoms with van der Waals surface area (Å²) in [7, 11) is 0. The Labute approximate surface area is 111 Å². The van der Waals surface area contributed by atoms with Gasteiger partial charge in [-0.05, 0) is 41.9 Å². The molecule has 88 valence electrons. The average molecular weight is 312 g/mol. The van der Waals surface area contributed by atoms with E-state index in [4.69, 9.17) is 0 Å². The SMILES string of the molecule is Cc1nc(NC(=O)c2cccc(Br)n2)sc1C. The van der Waals surface area contributed by atoms with Crippen molar-refractivity contribution < 1.29 is 4.79 Å². The number of nitrogens with one attached hydrogen (secondary N) is 1. The highest BCUT2D eigenvalue weighted by molar-refractivity contribution is 9.10. The molecule has 6 heteroatoms. The maximum Gasteiger partial charge on any atom is 0.276 e. The van der Waals surface area contributed by atoms with E-state index in [0.717, 1.165) is 10.6 Å². The van der Waals surface area contributed by atoms with Crippen molar-refractivity contribution in [2.24, 2.45) is 0 Å². The lowest BCUT2D eigenvalue weighted by atomic mass is 10.3. The molecule has 0 aliphatic carbocycles. The molecule has 0 fully saturated rings. The van der Waals surface area contributed by atoms with E-state index in [2.05, 4.69) is 31.2 Å². The molecule has 2 aromatic rings. The molecule has 0 aliphatic rings. The minimum absolute atomic E-state index is 0.250. The Balaban J connectivity index is 2.17. The number of carbonyl (C=O) groups excluding carboxylic acids is 1. The van der Waals surface area contributed by atoms with Crippen LogP contribution < -0.4 is 5.32 Å². The van der Waals surface area contributed by atoms with E-state index >= 15 is 0 Å². The number of hydrogen-bond acceptors (Lipinski definition) is 4. The van der Waals surface area contributed by atoms with Crippen LogP contribution in [0.1, 0.15) is 21.1 Å². The van der Waals surface area contributed by atoms with Crippen LogP contribution in [0.2, 0.25) is 0 Å². The van der Waals surface area contributed by atoms with Gasteiger partial charge in [-0.2, -0.15) is 0 Å². The number of amides is 1. The molecule has 4 nitrogen and oxygen atoms in total. The lowest BCUT2D eigenvalue weighted by molar-refractivity contribution is 0.102. The largest absolute Gasteiger partial charge is 0.296 e. The number of halogens is 1. The Morgan fingerprint density at radius 3 is 2.71 bits per heavy atom. The molecule has 1 amide bonds. The van der Waals surface area contributed by atoms with Gasteiger partial charge in [-0.25, -0.2) is 9.97 Å². The second kappa shape index (κ2) is 4.93. The van der Waals surface area contributed by atoms with E-state index in [1.54, 1.807) is 18.2 Å². The number of pyridine rings is 1. The predicted molar refractivity (Wildman–Crippen MR) is 71.5 cm³/mol. The maximum atomic E-state index is 11.9. The van der Waals surface area contributed by atoms with Gasteiger partial charge in [0, 0.05) is 4.88 Å². The summed E-state index contributed by atoms with van der Waals surface area (Å²) in [5.41, 5.74) is 1.30. The van der Waals surface area contributed by atoms with Gasteiger partial charge in [-0.15, -0.1) is 11.3 Å². The average Bonchev–Trinajstić information content (AvgIpc) is 2.58. The van der Waals surface area contributed by atoms with Gasteiger partial charge in [0.1, 0.15) is 10.3 Å². The van der Waals surface area contributed by atoms with Crippen molar-refractivity contribution in [3.63, 3.8) is 0 Å². The third-order valence-electron chi connectivity index (χ3n) is 2.20. The molecule has 0 aromatic carbocycles. The van der Waals surface area contributed by atoms with E-state index in [0.29, 0.717) is 15.4 Å². The van der Waals surface area contributed by atoms with Crippen LogP contribution in [0.3, 0.4) is 0 Å². The third kappa shape index (κ3) is 2.89. The Morgan fingerprint density at radius 2 is 2.12 bits per heavy atom. The zero-order valence-electron chi connectivity index (χ0n) is 9.32. The van der Waals surface area contributed by atoms with E-state index in [-0.39, 0.29) is 5.91 Å². The normalized spacial score (nSPS) is 10.3. The molecule has 17 heavy (non-hydrogen) atoms. The molecule has 0 aliphatic heterocycles. The van der Waals surface area contributed by atoms with Crippen molar-refractivity contribution in [1.82, 2.24) is 9.97 Å². The molecule has 2 aromatic heterocycles. The number of aryl methyl sites for hydroxylation is 2. The molecule has 0 bridgehead atoms. The standard InChI is InChI=1S/C11H10BrN3OS/c1-6-7(2)17-11(13-6)15-10(16)8-4-3-5-9(12)14-8/h3-5H,1-2H3,(H,13,15,16). The quantitative estimate of drug-likeness (QED) is 0.867. The van der Waals surface area contributed by atoms with Crippen LogP contribution in [0, 0.1) is 13.8 Å². The van der Waals surface area contributed by atoms with Crippen molar-refractivity contribution in [3.05, 3.63) is 39.1 Å². The zero-order chi connectivity index (χ0) is 12.4. The predicted octanol–water partition coefficient (Wildman–Crippen LogP) is 3.17. The summed E-state index contributed by atoms with van der Waals surface area (Å²) < 4.78 is 0.636. The fourth-order valence-corrected chi connectivity index (χ4v) is 2.38. The Hall–Kier alpha value is -1.27. The van der Waals surface area contributed by atoms with E-state index in [9.17, 15) is 4.79 Å². The number of carbonyl (C=O) groups is 1. The number of nitrogens with zero attached hydrogens (tertiary/aromatic N) is 2. The Morgan fingerprint density at radius 1 is 1.35 bits per heavy atom. The first kappa shape index (κ1) is 12.2. The number of anilines is 1. The van der Waals surface area contributed by atoms with Crippen LogP contribution in [-0.4, -0.2) is 15.9 Å². The Kier molecular flexibility index (Phi) is 3.54. The first-order valence-electron chi connectivity index (χ1n) is 4.94. The summed E-state index contributed by atoms with van der Waals surface area (Å²) in [6, 6.07) is 5.20. The molecule has 0 radical (unpaired) electrons. The second-order valence-electron chi connectivity index (χ2n) is 3.46. The van der Waals surface area contributed by atoms with E-state index < -0.39 is 0 Å².